The van der Waals surface area contributed by atoms with Crippen LogP contribution in [0.5, 0.6) is 5.75 Å². The van der Waals surface area contributed by atoms with Gasteiger partial charge in [-0.05, 0) is 12.6 Å². The minimum absolute atomic E-state index is 0.0737. The van der Waals surface area contributed by atoms with Gasteiger partial charge in [-0.3, -0.25) is 0 Å². The summed E-state index contributed by atoms with van der Waals surface area (Å²) < 4.78 is 5.22. The lowest BCUT2D eigenvalue weighted by atomic mass is 9.90. The first-order valence-corrected chi connectivity index (χ1v) is 5.06. The van der Waals surface area contributed by atoms with Gasteiger partial charge in [-0.15, -0.1) is 0 Å². The Labute approximate surface area is 89.0 Å². The Kier molecular flexibility index (Phi) is 2.79. The molecule has 4 N–H and O–H groups in total. The predicted molar refractivity (Wildman–Crippen MR) is 59.0 cm³/mol. The second-order valence-electron chi connectivity index (χ2n) is 3.75. The number of nitrogens with two attached hydrogens (primary N) is 1. The number of fused-ring (bicyclic) bond motifs is 1. The summed E-state index contributed by atoms with van der Waals surface area (Å²) in [4.78, 5) is 0. The van der Waals surface area contributed by atoms with Crippen molar-refractivity contribution in [2.24, 2.45) is 11.7 Å². The number of methoxy groups -OCH3 is 1. The van der Waals surface area contributed by atoms with E-state index in [-0.39, 0.29) is 5.92 Å². The van der Waals surface area contributed by atoms with Crippen molar-refractivity contribution < 1.29 is 9.84 Å². The molecule has 0 saturated carbocycles. The van der Waals surface area contributed by atoms with Gasteiger partial charge in [-0.1, -0.05) is 12.1 Å². The molecule has 1 aliphatic heterocycles. The molecular formula is C11H16N2O2. The minimum Gasteiger partial charge on any atom is -0.495 e. The Balaban J connectivity index is 2.40. The summed E-state index contributed by atoms with van der Waals surface area (Å²) in [6.07, 6.45) is -0.499. The monoisotopic (exact) mass is 208 g/mol. The molecule has 1 aromatic carbocycles. The van der Waals surface area contributed by atoms with E-state index in [2.05, 4.69) is 5.32 Å². The van der Waals surface area contributed by atoms with Crippen molar-refractivity contribution in [1.82, 2.24) is 0 Å². The number of aliphatic hydroxyl groups excluding tert-OH is 1. The number of hydrogen-bond donors (Lipinski definition) is 3. The van der Waals surface area contributed by atoms with Crippen molar-refractivity contribution in [3.63, 3.8) is 0 Å². The van der Waals surface area contributed by atoms with E-state index < -0.39 is 6.10 Å². The van der Waals surface area contributed by atoms with E-state index in [1.807, 2.05) is 18.2 Å². The summed E-state index contributed by atoms with van der Waals surface area (Å²) in [5, 5.41) is 13.3. The summed E-state index contributed by atoms with van der Waals surface area (Å²) >= 11 is 0. The number of hydrogen-bond acceptors (Lipinski definition) is 4. The third-order valence-corrected chi connectivity index (χ3v) is 2.89. The van der Waals surface area contributed by atoms with Crippen molar-refractivity contribution in [3.8, 4) is 5.75 Å². The van der Waals surface area contributed by atoms with Crippen molar-refractivity contribution in [2.75, 3.05) is 25.5 Å². The van der Waals surface area contributed by atoms with Crippen LogP contribution in [0.2, 0.25) is 0 Å². The Bertz CT molecular complexity index is 354. The fourth-order valence-corrected chi connectivity index (χ4v) is 1.96. The lowest BCUT2D eigenvalue weighted by Gasteiger charge is -2.31. The summed E-state index contributed by atoms with van der Waals surface area (Å²) in [6, 6.07) is 5.65. The SMILES string of the molecule is COc1cccc2c1NC[C@H](CN)[C@H]2O. The quantitative estimate of drug-likeness (QED) is 0.670. The molecule has 0 amide bonds. The molecule has 0 spiro atoms. The Morgan fingerprint density at radius 1 is 1.60 bits per heavy atom. The second kappa shape index (κ2) is 4.08. The van der Waals surface area contributed by atoms with Crippen LogP contribution in [-0.4, -0.2) is 25.3 Å². The normalized spacial score (nSPS) is 24.2. The van der Waals surface area contributed by atoms with Gasteiger partial charge in [-0.2, -0.15) is 0 Å². The molecule has 2 atom stereocenters. The number of anilines is 1. The van der Waals surface area contributed by atoms with Gasteiger partial charge >= 0.3 is 0 Å². The van der Waals surface area contributed by atoms with Crippen LogP contribution in [-0.2, 0) is 0 Å². The zero-order valence-electron chi connectivity index (χ0n) is 8.73. The average Bonchev–Trinajstić information content (AvgIpc) is 2.29. The number of ether oxygens (including phenoxy) is 1. The summed E-state index contributed by atoms with van der Waals surface area (Å²) in [5.74, 6) is 0.839. The highest BCUT2D eigenvalue weighted by atomic mass is 16.5. The maximum atomic E-state index is 10.1. The Hall–Kier alpha value is -1.26. The first-order valence-electron chi connectivity index (χ1n) is 5.06. The van der Waals surface area contributed by atoms with Gasteiger partial charge in [0.2, 0.25) is 0 Å². The summed E-state index contributed by atoms with van der Waals surface area (Å²) in [7, 11) is 1.62. The van der Waals surface area contributed by atoms with Crippen LogP contribution in [0.1, 0.15) is 11.7 Å². The van der Waals surface area contributed by atoms with Crippen LogP contribution in [0, 0.1) is 5.92 Å². The fourth-order valence-electron chi connectivity index (χ4n) is 1.96. The average molecular weight is 208 g/mol. The number of aliphatic hydroxyl groups is 1. The Morgan fingerprint density at radius 3 is 3.07 bits per heavy atom. The molecule has 0 radical (unpaired) electrons. The number of benzene rings is 1. The van der Waals surface area contributed by atoms with Gasteiger partial charge in [0.05, 0.1) is 18.9 Å². The Morgan fingerprint density at radius 2 is 2.40 bits per heavy atom. The number of nitrogens with one attached hydrogen (secondary N) is 1. The van der Waals surface area contributed by atoms with Crippen molar-refractivity contribution in [3.05, 3.63) is 23.8 Å². The molecule has 15 heavy (non-hydrogen) atoms. The predicted octanol–water partition coefficient (Wildman–Crippen LogP) is 0.729. The molecule has 1 aromatic rings. The third-order valence-electron chi connectivity index (χ3n) is 2.89. The van der Waals surface area contributed by atoms with E-state index in [9.17, 15) is 5.11 Å². The third kappa shape index (κ3) is 1.66. The summed E-state index contributed by atoms with van der Waals surface area (Å²) in [5.41, 5.74) is 7.35. The van der Waals surface area contributed by atoms with Crippen molar-refractivity contribution >= 4 is 5.69 Å². The largest absolute Gasteiger partial charge is 0.495 e. The zero-order valence-corrected chi connectivity index (χ0v) is 8.73. The van der Waals surface area contributed by atoms with Crippen LogP contribution in [0.15, 0.2) is 18.2 Å². The molecule has 1 aliphatic rings. The van der Waals surface area contributed by atoms with E-state index in [1.165, 1.54) is 0 Å². The lowest BCUT2D eigenvalue weighted by Crippen LogP contribution is -2.33. The molecule has 0 saturated heterocycles. The van der Waals surface area contributed by atoms with E-state index in [0.29, 0.717) is 13.1 Å². The van der Waals surface area contributed by atoms with Crippen LogP contribution in [0.3, 0.4) is 0 Å². The van der Waals surface area contributed by atoms with Gasteiger partial charge < -0.3 is 20.9 Å². The molecule has 0 aromatic heterocycles. The van der Waals surface area contributed by atoms with Crippen molar-refractivity contribution in [2.45, 2.75) is 6.10 Å². The molecule has 4 heteroatoms. The molecular weight excluding hydrogens is 192 g/mol. The highest BCUT2D eigenvalue weighted by Crippen LogP contribution is 2.38. The van der Waals surface area contributed by atoms with Crippen LogP contribution < -0.4 is 15.8 Å². The number of para-hydroxylation sites is 1. The maximum absolute atomic E-state index is 10.1. The van der Waals surface area contributed by atoms with E-state index in [1.54, 1.807) is 7.11 Å². The zero-order chi connectivity index (χ0) is 10.8. The molecule has 0 bridgehead atoms. The van der Waals surface area contributed by atoms with Crippen LogP contribution in [0.4, 0.5) is 5.69 Å². The topological polar surface area (TPSA) is 67.5 Å². The highest BCUT2D eigenvalue weighted by Gasteiger charge is 2.28. The van der Waals surface area contributed by atoms with Crippen LogP contribution >= 0.6 is 0 Å². The van der Waals surface area contributed by atoms with E-state index >= 15 is 0 Å². The van der Waals surface area contributed by atoms with Gasteiger partial charge in [0.1, 0.15) is 5.75 Å². The standard InChI is InChI=1S/C11H16N2O2/c1-15-9-4-2-3-8-10(9)13-6-7(5-12)11(8)14/h2-4,7,11,13-14H,5-6,12H2,1H3/t7-,11+/m0/s1. The molecule has 2 rings (SSSR count). The first-order chi connectivity index (χ1) is 7.27. The molecule has 0 aliphatic carbocycles. The van der Waals surface area contributed by atoms with E-state index in [4.69, 9.17) is 10.5 Å². The van der Waals surface area contributed by atoms with Gasteiger partial charge in [0, 0.05) is 18.0 Å². The highest BCUT2D eigenvalue weighted by molar-refractivity contribution is 5.64. The van der Waals surface area contributed by atoms with Gasteiger partial charge in [0.15, 0.2) is 0 Å². The van der Waals surface area contributed by atoms with Crippen molar-refractivity contribution in [1.29, 1.82) is 0 Å². The van der Waals surface area contributed by atoms with Gasteiger partial charge in [-0.25, -0.2) is 0 Å². The van der Waals surface area contributed by atoms with E-state index in [0.717, 1.165) is 17.0 Å². The molecule has 0 unspecified atom stereocenters. The second-order valence-corrected chi connectivity index (χ2v) is 3.75. The summed E-state index contributed by atoms with van der Waals surface area (Å²) in [6.45, 7) is 1.16. The maximum Gasteiger partial charge on any atom is 0.142 e. The molecule has 4 nitrogen and oxygen atoms in total. The van der Waals surface area contributed by atoms with Gasteiger partial charge in [0.25, 0.3) is 0 Å². The smallest absolute Gasteiger partial charge is 0.142 e. The van der Waals surface area contributed by atoms with Crippen LogP contribution in [0.25, 0.3) is 0 Å². The minimum atomic E-state index is -0.499. The molecule has 0 fully saturated rings. The fraction of sp³-hybridized carbons (Fsp3) is 0.455. The molecule has 1 heterocycles. The lowest BCUT2D eigenvalue weighted by molar-refractivity contribution is 0.114. The number of rotatable bonds is 2. The molecule has 82 valence electrons. The first kappa shape index (κ1) is 10.3.